The van der Waals surface area contributed by atoms with Crippen molar-refractivity contribution in [1.29, 1.82) is 0 Å². The van der Waals surface area contributed by atoms with Crippen molar-refractivity contribution in [3.05, 3.63) is 57.3 Å². The van der Waals surface area contributed by atoms with Crippen LogP contribution in [0, 0.1) is 5.82 Å². The van der Waals surface area contributed by atoms with Crippen LogP contribution in [-0.4, -0.2) is 21.1 Å². The van der Waals surface area contributed by atoms with Crippen LogP contribution >= 0.6 is 11.3 Å². The van der Waals surface area contributed by atoms with E-state index in [0.717, 1.165) is 12.1 Å². The summed E-state index contributed by atoms with van der Waals surface area (Å²) in [5.41, 5.74) is -0.869. The van der Waals surface area contributed by atoms with E-state index in [1.165, 1.54) is 21.9 Å². The highest BCUT2D eigenvalue weighted by atomic mass is 32.1. The lowest BCUT2D eigenvalue weighted by atomic mass is 9.94. The average Bonchev–Trinajstić information content (AvgIpc) is 3.31. The maximum atomic E-state index is 13.8. The lowest BCUT2D eigenvalue weighted by Crippen LogP contribution is -2.21. The van der Waals surface area contributed by atoms with E-state index in [2.05, 4.69) is 15.4 Å². The second-order valence-electron chi connectivity index (χ2n) is 6.90. The highest BCUT2D eigenvalue weighted by Gasteiger charge is 2.45. The fourth-order valence-electron chi connectivity index (χ4n) is 3.13. The zero-order chi connectivity index (χ0) is 20.1. The van der Waals surface area contributed by atoms with Crippen molar-refractivity contribution < 1.29 is 17.6 Å². The number of halogens is 4. The number of aryl methyl sites for hydroxylation is 1. The van der Waals surface area contributed by atoms with Crippen molar-refractivity contribution in [2.45, 2.75) is 37.8 Å². The largest absolute Gasteiger partial charge is 0.416 e. The molecule has 0 aliphatic heterocycles. The summed E-state index contributed by atoms with van der Waals surface area (Å²) in [4.78, 5) is 16.9. The Balaban J connectivity index is 1.59. The van der Waals surface area contributed by atoms with E-state index in [1.54, 1.807) is 0 Å². The Morgan fingerprint density at radius 2 is 2.00 bits per heavy atom. The molecule has 1 aromatic carbocycles. The number of rotatable bonds is 5. The Morgan fingerprint density at radius 1 is 1.25 bits per heavy atom. The summed E-state index contributed by atoms with van der Waals surface area (Å²) < 4.78 is 53.9. The van der Waals surface area contributed by atoms with Gasteiger partial charge in [0.25, 0.3) is 5.56 Å². The van der Waals surface area contributed by atoms with Gasteiger partial charge in [-0.2, -0.15) is 17.7 Å². The van der Waals surface area contributed by atoms with Crippen molar-refractivity contribution in [3.63, 3.8) is 0 Å². The molecule has 1 saturated carbocycles. The first-order valence-corrected chi connectivity index (χ1v) is 9.54. The summed E-state index contributed by atoms with van der Waals surface area (Å²) >= 11 is 1.19. The predicted octanol–water partition coefficient (Wildman–Crippen LogP) is 4.02. The van der Waals surface area contributed by atoms with E-state index < -0.39 is 23.0 Å². The van der Waals surface area contributed by atoms with Gasteiger partial charge in [0.1, 0.15) is 5.82 Å². The van der Waals surface area contributed by atoms with Gasteiger partial charge in [0, 0.05) is 23.7 Å². The topological polar surface area (TPSA) is 59.3 Å². The minimum absolute atomic E-state index is 0.285. The van der Waals surface area contributed by atoms with Gasteiger partial charge in [-0.3, -0.25) is 4.79 Å². The summed E-state index contributed by atoms with van der Waals surface area (Å²) in [5.74, 6) is -0.904. The van der Waals surface area contributed by atoms with Gasteiger partial charge >= 0.3 is 6.18 Å². The minimum Gasteiger partial charge on any atom is -0.359 e. The highest BCUT2D eigenvalue weighted by Crippen LogP contribution is 2.49. The fourth-order valence-corrected chi connectivity index (χ4v) is 3.95. The number of benzene rings is 1. The fraction of sp³-hybridized carbons (Fsp3) is 0.389. The molecule has 0 atom stereocenters. The molecule has 2 heterocycles. The van der Waals surface area contributed by atoms with Crippen LogP contribution in [0.3, 0.4) is 0 Å². The Morgan fingerprint density at radius 3 is 2.64 bits per heavy atom. The molecule has 1 fully saturated rings. The number of nitrogens with one attached hydrogen (secondary N) is 1. The molecule has 5 nitrogen and oxygen atoms in total. The Bertz CT molecular complexity index is 1100. The van der Waals surface area contributed by atoms with Gasteiger partial charge in [0.05, 0.1) is 5.56 Å². The second-order valence-corrected chi connectivity index (χ2v) is 7.86. The number of nitrogens with zero attached hydrogens (tertiary/aromatic N) is 3. The van der Waals surface area contributed by atoms with Gasteiger partial charge in [-0.25, -0.2) is 9.37 Å². The molecule has 0 bridgehead atoms. The van der Waals surface area contributed by atoms with Crippen molar-refractivity contribution in [2.24, 2.45) is 0 Å². The van der Waals surface area contributed by atoms with E-state index in [9.17, 15) is 22.4 Å². The van der Waals surface area contributed by atoms with E-state index in [0.29, 0.717) is 53.2 Å². The Labute approximate surface area is 161 Å². The molecule has 1 aliphatic carbocycles. The maximum absolute atomic E-state index is 13.8. The Kier molecular flexibility index (Phi) is 4.40. The van der Waals surface area contributed by atoms with E-state index in [4.69, 9.17) is 0 Å². The van der Waals surface area contributed by atoms with Crippen LogP contribution in [0.2, 0.25) is 0 Å². The van der Waals surface area contributed by atoms with Crippen molar-refractivity contribution in [2.75, 3.05) is 11.9 Å². The summed E-state index contributed by atoms with van der Waals surface area (Å²) in [6.45, 7) is 2.19. The van der Waals surface area contributed by atoms with Gasteiger partial charge in [0.15, 0.2) is 0 Å². The quantitative estimate of drug-likeness (QED) is 0.644. The third kappa shape index (κ3) is 3.48. The number of hydrogen-bond donors (Lipinski definition) is 1. The molecule has 2 aromatic heterocycles. The number of anilines is 1. The molecule has 0 unspecified atom stereocenters. The van der Waals surface area contributed by atoms with E-state index in [1.807, 2.05) is 6.92 Å². The molecule has 1 N–H and O–H groups in total. The number of hydrogen-bond acceptors (Lipinski definition) is 5. The molecular weight excluding hydrogens is 396 g/mol. The molecule has 28 heavy (non-hydrogen) atoms. The first-order chi connectivity index (χ1) is 13.2. The van der Waals surface area contributed by atoms with Crippen LogP contribution in [0.15, 0.2) is 29.1 Å². The van der Waals surface area contributed by atoms with Crippen LogP contribution in [0.1, 0.15) is 36.6 Å². The van der Waals surface area contributed by atoms with E-state index >= 15 is 0 Å². The SMILES string of the molecule is CCc1cc(=O)n2nc(NCC3(c4cc(F)cc(C(F)(F)F)c4)CC3)sc2n1. The summed E-state index contributed by atoms with van der Waals surface area (Å²) in [6.07, 6.45) is -2.69. The van der Waals surface area contributed by atoms with Gasteiger partial charge in [0.2, 0.25) is 10.1 Å². The molecule has 0 spiro atoms. The zero-order valence-electron chi connectivity index (χ0n) is 14.8. The monoisotopic (exact) mass is 412 g/mol. The smallest absolute Gasteiger partial charge is 0.359 e. The molecule has 148 valence electrons. The van der Waals surface area contributed by atoms with Gasteiger partial charge in [-0.15, -0.1) is 5.10 Å². The number of fused-ring (bicyclic) bond motifs is 1. The third-order valence-electron chi connectivity index (χ3n) is 4.93. The van der Waals surface area contributed by atoms with Crippen molar-refractivity contribution in [3.8, 4) is 0 Å². The van der Waals surface area contributed by atoms with Crippen LogP contribution in [0.25, 0.3) is 4.96 Å². The van der Waals surface area contributed by atoms with Crippen molar-refractivity contribution >= 4 is 21.4 Å². The molecule has 0 amide bonds. The number of aromatic nitrogens is 3. The molecule has 1 aliphatic rings. The second kappa shape index (κ2) is 6.54. The van der Waals surface area contributed by atoms with Gasteiger partial charge in [-0.05, 0) is 43.0 Å². The molecule has 3 aromatic rings. The lowest BCUT2D eigenvalue weighted by molar-refractivity contribution is -0.137. The van der Waals surface area contributed by atoms with Crippen LogP contribution in [0.5, 0.6) is 0 Å². The maximum Gasteiger partial charge on any atom is 0.416 e. The standard InChI is InChI=1S/C18H16F4N4OS/c1-2-13-8-14(27)26-16(24-13)28-15(25-26)23-9-17(3-4-17)10-5-11(18(20,21)22)7-12(19)6-10/h5-8H,2-4,9H2,1H3,(H,23,25). The molecular formula is C18H16F4N4OS. The Hall–Kier alpha value is -2.49. The normalized spacial score (nSPS) is 15.8. The lowest BCUT2D eigenvalue weighted by Gasteiger charge is -2.18. The van der Waals surface area contributed by atoms with Crippen LogP contribution < -0.4 is 10.9 Å². The molecule has 0 radical (unpaired) electrons. The zero-order valence-corrected chi connectivity index (χ0v) is 15.6. The summed E-state index contributed by atoms with van der Waals surface area (Å²) in [6, 6.07) is 4.09. The number of alkyl halides is 3. The predicted molar refractivity (Wildman–Crippen MR) is 97.3 cm³/mol. The minimum atomic E-state index is -4.60. The van der Waals surface area contributed by atoms with Gasteiger partial charge in [-0.1, -0.05) is 18.3 Å². The average molecular weight is 412 g/mol. The van der Waals surface area contributed by atoms with E-state index in [-0.39, 0.29) is 5.56 Å². The molecule has 10 heteroatoms. The third-order valence-corrected chi connectivity index (χ3v) is 5.80. The summed E-state index contributed by atoms with van der Waals surface area (Å²) in [7, 11) is 0. The first-order valence-electron chi connectivity index (χ1n) is 8.72. The van der Waals surface area contributed by atoms with Crippen LogP contribution in [0.4, 0.5) is 22.7 Å². The molecule has 0 saturated heterocycles. The van der Waals surface area contributed by atoms with Crippen molar-refractivity contribution in [1.82, 2.24) is 14.6 Å². The highest BCUT2D eigenvalue weighted by molar-refractivity contribution is 7.20. The van der Waals surface area contributed by atoms with Gasteiger partial charge < -0.3 is 5.32 Å². The first kappa shape index (κ1) is 18.9. The molecule has 4 rings (SSSR count). The van der Waals surface area contributed by atoms with Crippen LogP contribution in [-0.2, 0) is 18.0 Å². The summed E-state index contributed by atoms with van der Waals surface area (Å²) in [5, 5.41) is 7.70.